The van der Waals surface area contributed by atoms with Gasteiger partial charge in [0.15, 0.2) is 0 Å². The molecular weight excluding hydrogens is 271 g/mol. The molecule has 0 amide bonds. The van der Waals surface area contributed by atoms with Gasteiger partial charge in [-0.3, -0.25) is 0 Å². The molecule has 2 rings (SSSR count). The topological polar surface area (TPSA) is 83.6 Å². The lowest BCUT2D eigenvalue weighted by Gasteiger charge is -2.19. The molecule has 0 bridgehead atoms. The molecule has 1 aromatic rings. The summed E-state index contributed by atoms with van der Waals surface area (Å²) in [5.74, 6) is -0.821. The van der Waals surface area contributed by atoms with E-state index in [-0.39, 0.29) is 18.8 Å². The number of nitrogens with zero attached hydrogens (tertiary/aromatic N) is 1. The van der Waals surface area contributed by atoms with E-state index in [1.165, 1.54) is 0 Å². The fraction of sp³-hybridized carbons (Fsp3) is 0.500. The number of β-amino-alcohol motifs (C(OH)–C–C–N with tert-alkyl or cyclic N) is 1. The van der Waals surface area contributed by atoms with E-state index in [1.807, 2.05) is 0 Å². The van der Waals surface area contributed by atoms with Gasteiger partial charge in [0.05, 0.1) is 5.60 Å². The summed E-state index contributed by atoms with van der Waals surface area (Å²) >= 11 is 0. The summed E-state index contributed by atoms with van der Waals surface area (Å²) in [4.78, 5) is -0.437. The van der Waals surface area contributed by atoms with Crippen molar-refractivity contribution in [2.75, 3.05) is 18.8 Å². The predicted octanol–water partition coefficient (Wildman–Crippen LogP) is 0.862. The summed E-state index contributed by atoms with van der Waals surface area (Å²) in [6.07, 6.45) is 0.329. The van der Waals surface area contributed by atoms with Crippen LogP contribution in [0, 0.1) is 12.7 Å². The largest absolute Gasteiger partial charge is 0.398 e. The number of sulfonamides is 1. The minimum atomic E-state index is -3.96. The van der Waals surface area contributed by atoms with Crippen LogP contribution in [0.5, 0.6) is 0 Å². The lowest BCUT2D eigenvalue weighted by molar-refractivity contribution is 0.0762. The highest BCUT2D eigenvalue weighted by Crippen LogP contribution is 2.29. The molecule has 1 fully saturated rings. The maximum atomic E-state index is 13.8. The Morgan fingerprint density at radius 2 is 2.11 bits per heavy atom. The van der Waals surface area contributed by atoms with Crippen molar-refractivity contribution in [3.8, 4) is 0 Å². The van der Waals surface area contributed by atoms with Crippen LogP contribution in [0.2, 0.25) is 0 Å². The van der Waals surface area contributed by atoms with E-state index in [0.29, 0.717) is 12.0 Å². The molecule has 1 saturated heterocycles. The second-order valence-electron chi connectivity index (χ2n) is 5.22. The Labute approximate surface area is 111 Å². The summed E-state index contributed by atoms with van der Waals surface area (Å²) < 4.78 is 39.6. The maximum absolute atomic E-state index is 13.8. The van der Waals surface area contributed by atoms with Gasteiger partial charge in [-0.1, -0.05) is 0 Å². The molecule has 19 heavy (non-hydrogen) atoms. The van der Waals surface area contributed by atoms with Gasteiger partial charge in [0, 0.05) is 18.8 Å². The van der Waals surface area contributed by atoms with E-state index in [4.69, 9.17) is 5.73 Å². The minimum Gasteiger partial charge on any atom is -0.398 e. The van der Waals surface area contributed by atoms with E-state index < -0.39 is 26.3 Å². The lowest BCUT2D eigenvalue weighted by Crippen LogP contribution is -2.34. The molecule has 0 radical (unpaired) electrons. The zero-order chi connectivity index (χ0) is 14.4. The second-order valence-corrected chi connectivity index (χ2v) is 7.13. The van der Waals surface area contributed by atoms with Gasteiger partial charge in [-0.05, 0) is 38.0 Å². The summed E-state index contributed by atoms with van der Waals surface area (Å²) in [6.45, 7) is 3.29. The number of aryl methyl sites for hydroxylation is 1. The van der Waals surface area contributed by atoms with Gasteiger partial charge >= 0.3 is 0 Å². The number of hydrogen-bond donors (Lipinski definition) is 2. The summed E-state index contributed by atoms with van der Waals surface area (Å²) in [6, 6.07) is 2.24. The van der Waals surface area contributed by atoms with E-state index in [9.17, 15) is 17.9 Å². The highest BCUT2D eigenvalue weighted by Gasteiger charge is 2.39. The Kier molecular flexibility index (Phi) is 3.32. The summed E-state index contributed by atoms with van der Waals surface area (Å²) in [5.41, 5.74) is 5.29. The van der Waals surface area contributed by atoms with E-state index >= 15 is 0 Å². The number of aliphatic hydroxyl groups is 1. The predicted molar refractivity (Wildman–Crippen MR) is 69.5 cm³/mol. The highest BCUT2D eigenvalue weighted by atomic mass is 32.2. The molecule has 7 heteroatoms. The third kappa shape index (κ3) is 2.58. The molecule has 1 aromatic carbocycles. The van der Waals surface area contributed by atoms with Crippen LogP contribution in [0.3, 0.4) is 0 Å². The number of rotatable bonds is 2. The summed E-state index contributed by atoms with van der Waals surface area (Å²) in [7, 11) is -3.96. The van der Waals surface area contributed by atoms with Crippen molar-refractivity contribution < 1.29 is 17.9 Å². The van der Waals surface area contributed by atoms with Gasteiger partial charge in [-0.2, -0.15) is 4.31 Å². The molecule has 1 aliphatic heterocycles. The van der Waals surface area contributed by atoms with E-state index in [2.05, 4.69) is 0 Å². The third-order valence-corrected chi connectivity index (χ3v) is 5.22. The molecule has 0 saturated carbocycles. The first kappa shape index (κ1) is 14.2. The molecule has 1 atom stereocenters. The molecule has 0 spiro atoms. The van der Waals surface area contributed by atoms with Crippen molar-refractivity contribution in [3.05, 3.63) is 23.5 Å². The Morgan fingerprint density at radius 3 is 2.63 bits per heavy atom. The van der Waals surface area contributed by atoms with Gasteiger partial charge in [0.1, 0.15) is 10.7 Å². The number of benzene rings is 1. The van der Waals surface area contributed by atoms with Crippen molar-refractivity contribution >= 4 is 15.7 Å². The van der Waals surface area contributed by atoms with Crippen LogP contribution in [-0.2, 0) is 10.0 Å². The van der Waals surface area contributed by atoms with Gasteiger partial charge in [0.2, 0.25) is 10.0 Å². The smallest absolute Gasteiger partial charge is 0.246 e. The Morgan fingerprint density at radius 1 is 1.47 bits per heavy atom. The number of nitrogen functional groups attached to an aromatic ring is 1. The van der Waals surface area contributed by atoms with E-state index in [0.717, 1.165) is 16.4 Å². The Balaban J connectivity index is 2.44. The van der Waals surface area contributed by atoms with Crippen LogP contribution < -0.4 is 5.73 Å². The van der Waals surface area contributed by atoms with Crippen LogP contribution >= 0.6 is 0 Å². The summed E-state index contributed by atoms with van der Waals surface area (Å²) in [5, 5.41) is 9.82. The Hall–Kier alpha value is -1.18. The van der Waals surface area contributed by atoms with Crippen LogP contribution in [0.25, 0.3) is 0 Å². The first-order valence-electron chi connectivity index (χ1n) is 5.92. The van der Waals surface area contributed by atoms with Crippen molar-refractivity contribution in [2.24, 2.45) is 0 Å². The molecular formula is C12H17FN2O3S. The first-order chi connectivity index (χ1) is 8.63. The molecule has 0 aromatic heterocycles. The van der Waals surface area contributed by atoms with Gasteiger partial charge in [-0.25, -0.2) is 12.8 Å². The third-order valence-electron chi connectivity index (χ3n) is 3.36. The molecule has 0 aliphatic carbocycles. The number of nitrogens with two attached hydrogens (primary N) is 1. The van der Waals surface area contributed by atoms with Gasteiger partial charge in [-0.15, -0.1) is 0 Å². The zero-order valence-electron chi connectivity index (χ0n) is 10.9. The number of anilines is 1. The second kappa shape index (κ2) is 4.43. The van der Waals surface area contributed by atoms with Crippen molar-refractivity contribution in [2.45, 2.75) is 30.8 Å². The average molecular weight is 288 g/mol. The fourth-order valence-electron chi connectivity index (χ4n) is 2.11. The van der Waals surface area contributed by atoms with Crippen LogP contribution in [-0.4, -0.2) is 36.5 Å². The minimum absolute atomic E-state index is 0.0391. The maximum Gasteiger partial charge on any atom is 0.246 e. The van der Waals surface area contributed by atoms with Gasteiger partial charge < -0.3 is 10.8 Å². The van der Waals surface area contributed by atoms with E-state index in [1.54, 1.807) is 13.8 Å². The molecule has 1 aliphatic rings. The van der Waals surface area contributed by atoms with Crippen molar-refractivity contribution in [1.29, 1.82) is 0 Å². The monoisotopic (exact) mass is 288 g/mol. The standard InChI is InChI=1S/C12H17FN2O3S/c1-8-5-9(13)11(6-10(8)14)19(17,18)15-4-3-12(2,16)7-15/h5-6,16H,3-4,7,14H2,1-2H3. The Bertz CT molecular complexity index is 614. The van der Waals surface area contributed by atoms with Gasteiger partial charge in [0.25, 0.3) is 0 Å². The number of halogens is 1. The highest BCUT2D eigenvalue weighted by molar-refractivity contribution is 7.89. The molecule has 1 heterocycles. The zero-order valence-corrected chi connectivity index (χ0v) is 11.7. The fourth-order valence-corrected chi connectivity index (χ4v) is 3.75. The van der Waals surface area contributed by atoms with Crippen LogP contribution in [0.1, 0.15) is 18.9 Å². The van der Waals surface area contributed by atoms with Crippen LogP contribution in [0.4, 0.5) is 10.1 Å². The lowest BCUT2D eigenvalue weighted by atomic mass is 10.1. The quantitative estimate of drug-likeness (QED) is 0.791. The van der Waals surface area contributed by atoms with Crippen molar-refractivity contribution in [3.63, 3.8) is 0 Å². The molecule has 1 unspecified atom stereocenters. The first-order valence-corrected chi connectivity index (χ1v) is 7.36. The molecule has 106 valence electrons. The van der Waals surface area contributed by atoms with Crippen LogP contribution in [0.15, 0.2) is 17.0 Å². The van der Waals surface area contributed by atoms with Crippen molar-refractivity contribution in [1.82, 2.24) is 4.31 Å². The SMILES string of the molecule is Cc1cc(F)c(S(=O)(=O)N2CCC(C)(O)C2)cc1N. The molecule has 3 N–H and O–H groups in total. The molecule has 5 nitrogen and oxygen atoms in total. The number of hydrogen-bond acceptors (Lipinski definition) is 4. The normalized spacial score (nSPS) is 24.8. The average Bonchev–Trinajstić information content (AvgIpc) is 2.64.